The molecule has 0 aromatic heterocycles. The molecule has 1 saturated heterocycles. The van der Waals surface area contributed by atoms with Crippen LogP contribution in [0.1, 0.15) is 0 Å². The van der Waals surface area contributed by atoms with Crippen molar-refractivity contribution < 1.29 is 117 Å². The van der Waals surface area contributed by atoms with E-state index < -0.39 is 7.82 Å². The minimum Gasteiger partial charge on any atom is -0.822 e. The van der Waals surface area contributed by atoms with Crippen molar-refractivity contribution in [2.45, 2.75) is 0 Å². The normalized spacial score (nSPS) is 10.4. The number of epoxide rings is 1. The summed E-state index contributed by atoms with van der Waals surface area (Å²) in [6, 6.07) is 0. The molecule has 1 rings (SSSR count). The molecular weight excluding hydrogens is 292 g/mol. The van der Waals surface area contributed by atoms with Crippen molar-refractivity contribution >= 4 is 7.82 Å². The molecule has 0 amide bonds. The van der Waals surface area contributed by atoms with Crippen molar-refractivity contribution in [3.8, 4) is 0 Å². The van der Waals surface area contributed by atoms with Gasteiger partial charge in [-0.3, -0.25) is 0 Å². The second kappa shape index (κ2) is 24.5. The predicted molar refractivity (Wildman–Crippen MR) is 49.6 cm³/mol. The third-order valence-electron chi connectivity index (χ3n) is 0.676. The van der Waals surface area contributed by atoms with E-state index in [1.165, 1.54) is 0 Å². The maximum absolute atomic E-state index is 8.55. The van der Waals surface area contributed by atoms with Crippen molar-refractivity contribution in [3.63, 3.8) is 0 Å². The quantitative estimate of drug-likeness (QED) is 0.168. The smallest absolute Gasteiger partial charge is 0.822 e. The third-order valence-corrected chi connectivity index (χ3v) is 0.676. The first-order valence-corrected chi connectivity index (χ1v) is 5.48. The molecule has 1 heterocycles. The Balaban J connectivity index is -0.0000000456. The van der Waals surface area contributed by atoms with Crippen LogP contribution in [0.4, 0.5) is 0 Å². The van der Waals surface area contributed by atoms with Crippen LogP contribution < -0.4 is 103 Å². The second-order valence-electron chi connectivity index (χ2n) is 2.17. The fraction of sp³-hybridized carbons (Fsp3) is 0.500. The van der Waals surface area contributed by atoms with Crippen molar-refractivity contribution in [2.75, 3.05) is 26.4 Å². The van der Waals surface area contributed by atoms with Crippen LogP contribution in [-0.2, 0) is 14.0 Å². The van der Waals surface area contributed by atoms with Gasteiger partial charge in [-0.05, 0) is 0 Å². The zero-order chi connectivity index (χ0) is 12.2. The third kappa shape index (κ3) is 101. The van der Waals surface area contributed by atoms with Crippen LogP contribution in [0.25, 0.3) is 0 Å². The van der Waals surface area contributed by atoms with Crippen molar-refractivity contribution in [1.82, 2.24) is 0 Å². The maximum Gasteiger partial charge on any atom is 1.00 e. The molecular formula is C8H14Na3O6P. The fourth-order valence-electron chi connectivity index (χ4n) is 0.235. The Kier molecular flexibility index (Phi) is 44.2. The van der Waals surface area contributed by atoms with Gasteiger partial charge in [0.25, 0.3) is 0 Å². The van der Waals surface area contributed by atoms with E-state index in [9.17, 15) is 0 Å². The molecule has 0 spiro atoms. The molecule has 18 heavy (non-hydrogen) atoms. The van der Waals surface area contributed by atoms with Gasteiger partial charge in [-0.25, -0.2) is 0 Å². The van der Waals surface area contributed by atoms with Crippen LogP contribution in [0.5, 0.6) is 0 Å². The summed E-state index contributed by atoms with van der Waals surface area (Å²) in [5.74, 6) is 0. The van der Waals surface area contributed by atoms with Crippen LogP contribution in [0.2, 0.25) is 0 Å². The van der Waals surface area contributed by atoms with E-state index in [0.29, 0.717) is 13.2 Å². The molecule has 0 atom stereocenters. The fourth-order valence-corrected chi connectivity index (χ4v) is 0.235. The van der Waals surface area contributed by atoms with Crippen LogP contribution >= 0.6 is 7.82 Å². The van der Waals surface area contributed by atoms with E-state index >= 15 is 0 Å². The van der Waals surface area contributed by atoms with Crippen LogP contribution in [0, 0.1) is 0 Å². The Morgan fingerprint density at radius 1 is 1.06 bits per heavy atom. The molecule has 1 fully saturated rings. The summed E-state index contributed by atoms with van der Waals surface area (Å²) in [6.45, 7) is 10.2. The van der Waals surface area contributed by atoms with Crippen molar-refractivity contribution in [1.29, 1.82) is 0 Å². The molecule has 1 aliphatic heterocycles. The van der Waals surface area contributed by atoms with E-state index in [2.05, 4.69) is 17.9 Å². The molecule has 0 aromatic rings. The van der Waals surface area contributed by atoms with E-state index in [1.807, 2.05) is 0 Å². The standard InChI is InChI=1S/C6H10O.C2H4O.3Na.H3O4P/c1-3-5-7-6-4-2;1-2-3-1;;;;1-5(2,3)4/h3-4H,1-2,5-6H2;1-2H2;;;;(H3,1,2,3,4)/q;;3*+1;/p-3. The van der Waals surface area contributed by atoms with Gasteiger partial charge in [0, 0.05) is 0 Å². The molecule has 6 nitrogen and oxygen atoms in total. The Hall–Kier alpha value is 2.51. The van der Waals surface area contributed by atoms with Crippen molar-refractivity contribution in [2.24, 2.45) is 0 Å². The summed E-state index contributed by atoms with van der Waals surface area (Å²) in [7, 11) is -5.39. The summed E-state index contributed by atoms with van der Waals surface area (Å²) in [5, 5.41) is 0. The first-order valence-electron chi connectivity index (χ1n) is 4.02. The molecule has 0 aliphatic carbocycles. The molecule has 0 radical (unpaired) electrons. The van der Waals surface area contributed by atoms with Gasteiger partial charge in [0.05, 0.1) is 26.4 Å². The Morgan fingerprint density at radius 3 is 1.39 bits per heavy atom. The van der Waals surface area contributed by atoms with Gasteiger partial charge in [0.1, 0.15) is 0 Å². The molecule has 0 saturated carbocycles. The van der Waals surface area contributed by atoms with E-state index in [-0.39, 0.29) is 88.7 Å². The minimum absolute atomic E-state index is 0. The summed E-state index contributed by atoms with van der Waals surface area (Å²) in [4.78, 5) is 25.6. The van der Waals surface area contributed by atoms with Crippen LogP contribution in [0.3, 0.4) is 0 Å². The number of hydrogen-bond acceptors (Lipinski definition) is 6. The molecule has 1 aliphatic rings. The van der Waals surface area contributed by atoms with E-state index in [1.54, 1.807) is 12.2 Å². The van der Waals surface area contributed by atoms with Crippen molar-refractivity contribution in [3.05, 3.63) is 25.3 Å². The van der Waals surface area contributed by atoms with Gasteiger partial charge in [-0.1, -0.05) is 12.2 Å². The molecule has 10 heteroatoms. The van der Waals surface area contributed by atoms with E-state index in [4.69, 9.17) is 24.0 Å². The monoisotopic (exact) mass is 306 g/mol. The van der Waals surface area contributed by atoms with Gasteiger partial charge in [0.2, 0.25) is 0 Å². The Labute approximate surface area is 174 Å². The maximum atomic E-state index is 8.55. The zero-order valence-corrected chi connectivity index (χ0v) is 18.2. The number of ether oxygens (including phenoxy) is 2. The summed E-state index contributed by atoms with van der Waals surface area (Å²) in [5.41, 5.74) is 0. The molecule has 0 bridgehead atoms. The van der Waals surface area contributed by atoms with Gasteiger partial charge in [-0.15, -0.1) is 13.2 Å². The van der Waals surface area contributed by atoms with Crippen LogP contribution in [0.15, 0.2) is 25.3 Å². The van der Waals surface area contributed by atoms with Gasteiger partial charge in [0.15, 0.2) is 0 Å². The summed E-state index contributed by atoms with van der Waals surface area (Å²) in [6.07, 6.45) is 3.42. The molecule has 0 unspecified atom stereocenters. The summed E-state index contributed by atoms with van der Waals surface area (Å²) < 4.78 is 17.9. The average Bonchev–Trinajstić information content (AvgIpc) is 2.87. The first kappa shape index (κ1) is 32.5. The minimum atomic E-state index is -5.39. The largest absolute Gasteiger partial charge is 1.00 e. The Bertz CT molecular complexity index is 190. The second-order valence-corrected chi connectivity index (χ2v) is 3.07. The summed E-state index contributed by atoms with van der Waals surface area (Å²) >= 11 is 0. The van der Waals surface area contributed by atoms with Gasteiger partial charge < -0.3 is 28.7 Å². The topological polar surface area (TPSA) is 108 Å². The number of rotatable bonds is 4. The SMILES string of the molecule is C1CO1.C=CCOCC=C.O=P([O-])([O-])[O-].[Na+].[Na+].[Na+]. The molecule has 90 valence electrons. The molecule has 0 aromatic carbocycles. The van der Waals surface area contributed by atoms with Gasteiger partial charge in [-0.2, -0.15) is 7.82 Å². The van der Waals surface area contributed by atoms with E-state index in [0.717, 1.165) is 13.2 Å². The van der Waals surface area contributed by atoms with Crippen LogP contribution in [-0.4, -0.2) is 26.4 Å². The first-order chi connectivity index (χ1) is 6.91. The number of hydrogen-bond donors (Lipinski definition) is 0. The molecule has 0 N–H and O–H groups in total. The zero-order valence-electron chi connectivity index (χ0n) is 11.3. The number of phosphoric acid groups is 1. The Morgan fingerprint density at radius 2 is 1.28 bits per heavy atom. The average molecular weight is 306 g/mol. The van der Waals surface area contributed by atoms with Gasteiger partial charge >= 0.3 is 88.7 Å². The predicted octanol–water partition coefficient (Wildman–Crippen LogP) is -10.4.